The lowest BCUT2D eigenvalue weighted by atomic mass is 10.1. The molecule has 29 heavy (non-hydrogen) atoms. The van der Waals surface area contributed by atoms with E-state index in [1.807, 2.05) is 66.9 Å². The largest absolute Gasteiger partial charge is 0.497 e. The molecule has 1 aromatic heterocycles. The number of esters is 1. The van der Waals surface area contributed by atoms with E-state index in [1.165, 1.54) is 0 Å². The SMILES string of the molecule is COc1cccc(C(=O)OCc2cn(-c3ccccc3)nc2-c2ccccc2)c1. The van der Waals surface area contributed by atoms with Gasteiger partial charge in [-0.2, -0.15) is 5.10 Å². The molecular weight excluding hydrogens is 364 g/mol. The van der Waals surface area contributed by atoms with Crippen molar-refractivity contribution in [1.29, 1.82) is 0 Å². The zero-order valence-electron chi connectivity index (χ0n) is 16.0. The summed E-state index contributed by atoms with van der Waals surface area (Å²) in [4.78, 5) is 12.5. The number of hydrogen-bond acceptors (Lipinski definition) is 4. The minimum atomic E-state index is -0.407. The predicted octanol–water partition coefficient (Wildman–Crippen LogP) is 4.90. The molecule has 0 fully saturated rings. The summed E-state index contributed by atoms with van der Waals surface area (Å²) in [6.45, 7) is 0.118. The molecule has 4 rings (SSSR count). The van der Waals surface area contributed by atoms with E-state index in [-0.39, 0.29) is 6.61 Å². The molecule has 0 bridgehead atoms. The quantitative estimate of drug-likeness (QED) is 0.444. The Morgan fingerprint density at radius 1 is 0.931 bits per heavy atom. The summed E-state index contributed by atoms with van der Waals surface area (Å²) in [5.41, 5.74) is 3.97. The van der Waals surface area contributed by atoms with Gasteiger partial charge in [-0.05, 0) is 30.3 Å². The van der Waals surface area contributed by atoms with Crippen LogP contribution in [0.2, 0.25) is 0 Å². The van der Waals surface area contributed by atoms with Crippen LogP contribution in [-0.4, -0.2) is 22.9 Å². The topological polar surface area (TPSA) is 53.4 Å². The second kappa shape index (κ2) is 8.44. The molecule has 0 aliphatic carbocycles. The molecule has 0 radical (unpaired) electrons. The third-order valence-electron chi connectivity index (χ3n) is 4.52. The fourth-order valence-electron chi connectivity index (χ4n) is 3.04. The van der Waals surface area contributed by atoms with Crippen molar-refractivity contribution < 1.29 is 14.3 Å². The zero-order chi connectivity index (χ0) is 20.1. The van der Waals surface area contributed by atoms with Crippen LogP contribution in [-0.2, 0) is 11.3 Å². The number of benzene rings is 3. The molecule has 0 atom stereocenters. The van der Waals surface area contributed by atoms with Crippen LogP contribution < -0.4 is 4.74 Å². The van der Waals surface area contributed by atoms with Crippen molar-refractivity contribution in [1.82, 2.24) is 9.78 Å². The monoisotopic (exact) mass is 384 g/mol. The molecule has 1 heterocycles. The maximum absolute atomic E-state index is 12.5. The highest BCUT2D eigenvalue weighted by molar-refractivity contribution is 5.89. The third kappa shape index (κ3) is 4.19. The van der Waals surface area contributed by atoms with Crippen molar-refractivity contribution in [2.45, 2.75) is 6.61 Å². The third-order valence-corrected chi connectivity index (χ3v) is 4.52. The molecule has 5 heteroatoms. The van der Waals surface area contributed by atoms with Gasteiger partial charge in [-0.15, -0.1) is 0 Å². The van der Waals surface area contributed by atoms with Crippen LogP contribution in [0.3, 0.4) is 0 Å². The molecule has 144 valence electrons. The van der Waals surface area contributed by atoms with E-state index >= 15 is 0 Å². The van der Waals surface area contributed by atoms with E-state index in [1.54, 1.807) is 36.1 Å². The van der Waals surface area contributed by atoms with Crippen LogP contribution in [0.25, 0.3) is 16.9 Å². The average Bonchev–Trinajstić information content (AvgIpc) is 3.23. The van der Waals surface area contributed by atoms with Gasteiger partial charge in [0.05, 0.1) is 24.1 Å². The van der Waals surface area contributed by atoms with Gasteiger partial charge in [-0.1, -0.05) is 54.6 Å². The van der Waals surface area contributed by atoms with Gasteiger partial charge in [0.15, 0.2) is 0 Å². The highest BCUT2D eigenvalue weighted by Gasteiger charge is 2.15. The Hall–Kier alpha value is -3.86. The minimum Gasteiger partial charge on any atom is -0.497 e. The summed E-state index contributed by atoms with van der Waals surface area (Å²) in [6.07, 6.45) is 1.90. The van der Waals surface area contributed by atoms with E-state index in [0.29, 0.717) is 11.3 Å². The first-order chi connectivity index (χ1) is 14.2. The number of carbonyl (C=O) groups excluding carboxylic acids is 1. The maximum atomic E-state index is 12.5. The van der Waals surface area contributed by atoms with Crippen molar-refractivity contribution in [2.24, 2.45) is 0 Å². The van der Waals surface area contributed by atoms with Crippen molar-refractivity contribution in [3.8, 4) is 22.7 Å². The van der Waals surface area contributed by atoms with Gasteiger partial charge in [0.25, 0.3) is 0 Å². The molecule has 0 saturated heterocycles. The average molecular weight is 384 g/mol. The molecule has 4 aromatic rings. The first kappa shape index (κ1) is 18.5. The predicted molar refractivity (Wildman–Crippen MR) is 111 cm³/mol. The summed E-state index contributed by atoms with van der Waals surface area (Å²) in [7, 11) is 1.56. The highest BCUT2D eigenvalue weighted by Crippen LogP contribution is 2.25. The molecule has 0 spiro atoms. The van der Waals surface area contributed by atoms with Crippen LogP contribution in [0.4, 0.5) is 0 Å². The van der Waals surface area contributed by atoms with Crippen LogP contribution >= 0.6 is 0 Å². The summed E-state index contributed by atoms with van der Waals surface area (Å²) >= 11 is 0. The Morgan fingerprint density at radius 3 is 2.38 bits per heavy atom. The smallest absolute Gasteiger partial charge is 0.338 e. The van der Waals surface area contributed by atoms with Gasteiger partial charge >= 0.3 is 5.97 Å². The van der Waals surface area contributed by atoms with Crippen LogP contribution in [0, 0.1) is 0 Å². The van der Waals surface area contributed by atoms with Crippen LogP contribution in [0.15, 0.2) is 91.1 Å². The van der Waals surface area contributed by atoms with Gasteiger partial charge in [0, 0.05) is 17.3 Å². The lowest BCUT2D eigenvalue weighted by Crippen LogP contribution is -2.05. The molecule has 0 aliphatic rings. The Bertz CT molecular complexity index is 1110. The number of aromatic nitrogens is 2. The lowest BCUT2D eigenvalue weighted by Gasteiger charge is -2.06. The summed E-state index contributed by atoms with van der Waals surface area (Å²) < 4.78 is 12.6. The van der Waals surface area contributed by atoms with Gasteiger partial charge in [0.1, 0.15) is 12.4 Å². The molecular formula is C24H20N2O3. The lowest BCUT2D eigenvalue weighted by molar-refractivity contribution is 0.0473. The van der Waals surface area contributed by atoms with E-state index in [4.69, 9.17) is 14.6 Å². The van der Waals surface area contributed by atoms with Gasteiger partial charge < -0.3 is 9.47 Å². The number of rotatable bonds is 6. The van der Waals surface area contributed by atoms with Gasteiger partial charge in [-0.3, -0.25) is 0 Å². The van der Waals surface area contributed by atoms with E-state index in [0.717, 1.165) is 22.5 Å². The Labute approximate surface area is 169 Å². The summed E-state index contributed by atoms with van der Waals surface area (Å²) in [5, 5.41) is 4.73. The zero-order valence-corrected chi connectivity index (χ0v) is 16.0. The molecule has 0 amide bonds. The van der Waals surface area contributed by atoms with Crippen molar-refractivity contribution in [3.05, 3.63) is 102 Å². The molecule has 0 saturated carbocycles. The van der Waals surface area contributed by atoms with Gasteiger partial charge in [0.2, 0.25) is 0 Å². The number of methoxy groups -OCH3 is 1. The summed E-state index contributed by atoms with van der Waals surface area (Å²) in [6, 6.07) is 26.6. The van der Waals surface area contributed by atoms with Gasteiger partial charge in [-0.25, -0.2) is 9.48 Å². The van der Waals surface area contributed by atoms with E-state index in [9.17, 15) is 4.79 Å². The number of carbonyl (C=O) groups is 1. The summed E-state index contributed by atoms with van der Waals surface area (Å²) in [5.74, 6) is 0.205. The normalized spacial score (nSPS) is 10.5. The minimum absolute atomic E-state index is 0.118. The van der Waals surface area contributed by atoms with Crippen LogP contribution in [0.1, 0.15) is 15.9 Å². The molecule has 0 aliphatic heterocycles. The first-order valence-electron chi connectivity index (χ1n) is 9.25. The Morgan fingerprint density at radius 2 is 1.66 bits per heavy atom. The second-order valence-corrected chi connectivity index (χ2v) is 6.46. The van der Waals surface area contributed by atoms with Crippen molar-refractivity contribution >= 4 is 5.97 Å². The first-order valence-corrected chi connectivity index (χ1v) is 9.25. The standard InChI is InChI=1S/C24H20N2O3/c1-28-22-14-8-11-19(15-22)24(27)29-17-20-16-26(21-12-6-3-7-13-21)25-23(20)18-9-4-2-5-10-18/h2-16H,17H2,1H3. The van der Waals surface area contributed by atoms with Crippen LogP contribution in [0.5, 0.6) is 5.75 Å². The fraction of sp³-hybridized carbons (Fsp3) is 0.0833. The van der Waals surface area contributed by atoms with E-state index < -0.39 is 5.97 Å². The molecule has 0 N–H and O–H groups in total. The fourth-order valence-corrected chi connectivity index (χ4v) is 3.04. The molecule has 3 aromatic carbocycles. The second-order valence-electron chi connectivity index (χ2n) is 6.46. The number of para-hydroxylation sites is 1. The number of ether oxygens (including phenoxy) is 2. The van der Waals surface area contributed by atoms with Crippen molar-refractivity contribution in [2.75, 3.05) is 7.11 Å². The number of hydrogen-bond donors (Lipinski definition) is 0. The molecule has 0 unspecified atom stereocenters. The maximum Gasteiger partial charge on any atom is 0.338 e. The Balaban J connectivity index is 1.62. The Kier molecular flexibility index (Phi) is 5.38. The van der Waals surface area contributed by atoms with E-state index in [2.05, 4.69) is 0 Å². The van der Waals surface area contributed by atoms with Crippen molar-refractivity contribution in [3.63, 3.8) is 0 Å². The molecule has 5 nitrogen and oxygen atoms in total. The number of nitrogens with zero attached hydrogens (tertiary/aromatic N) is 2. The highest BCUT2D eigenvalue weighted by atomic mass is 16.5.